The lowest BCUT2D eigenvalue weighted by molar-refractivity contribution is 0.111. The van der Waals surface area contributed by atoms with E-state index in [0.29, 0.717) is 6.29 Å². The monoisotopic (exact) mass is 269 g/mol. The fraction of sp³-hybridized carbons (Fsp3) is 0.143. The van der Waals surface area contributed by atoms with Crippen LogP contribution in [-0.2, 0) is 0 Å². The molecule has 0 saturated carbocycles. The Morgan fingerprint density at radius 1 is 1.62 bits per heavy atom. The number of halogens is 4. The molecule has 0 unspecified atom stereocenters. The summed E-state index contributed by atoms with van der Waals surface area (Å²) in [6.45, 7) is 0. The van der Waals surface area contributed by atoms with Gasteiger partial charge in [-0.05, 0) is 22.0 Å². The highest BCUT2D eigenvalue weighted by Gasteiger charge is 2.16. The first-order valence-electron chi connectivity index (χ1n) is 3.15. The van der Waals surface area contributed by atoms with E-state index in [2.05, 4.69) is 20.9 Å². The van der Waals surface area contributed by atoms with E-state index in [4.69, 9.17) is 11.6 Å². The van der Waals surface area contributed by atoms with Crippen molar-refractivity contribution < 1.29 is 13.6 Å². The average molecular weight is 270 g/mol. The number of aldehydes is 1. The van der Waals surface area contributed by atoms with Crippen molar-refractivity contribution in [2.24, 2.45) is 0 Å². The van der Waals surface area contributed by atoms with Gasteiger partial charge in [0.05, 0.1) is 5.02 Å². The van der Waals surface area contributed by atoms with Gasteiger partial charge in [0.1, 0.15) is 10.3 Å². The van der Waals surface area contributed by atoms with Crippen molar-refractivity contribution in [2.45, 2.75) is 6.43 Å². The highest BCUT2D eigenvalue weighted by atomic mass is 79.9. The summed E-state index contributed by atoms with van der Waals surface area (Å²) in [5.41, 5.74) is -0.475. The van der Waals surface area contributed by atoms with E-state index in [1.165, 1.54) is 0 Å². The van der Waals surface area contributed by atoms with Crippen molar-refractivity contribution in [1.29, 1.82) is 0 Å². The van der Waals surface area contributed by atoms with Crippen molar-refractivity contribution in [3.63, 3.8) is 0 Å². The molecule has 13 heavy (non-hydrogen) atoms. The van der Waals surface area contributed by atoms with Crippen molar-refractivity contribution >= 4 is 33.8 Å². The van der Waals surface area contributed by atoms with Crippen LogP contribution < -0.4 is 0 Å². The first-order valence-corrected chi connectivity index (χ1v) is 4.32. The maximum atomic E-state index is 12.3. The summed E-state index contributed by atoms with van der Waals surface area (Å²) in [6, 6.07) is 0.963. The van der Waals surface area contributed by atoms with Crippen LogP contribution in [0.3, 0.4) is 0 Å². The molecule has 2 nitrogen and oxygen atoms in total. The highest BCUT2D eigenvalue weighted by Crippen LogP contribution is 2.31. The van der Waals surface area contributed by atoms with Crippen molar-refractivity contribution in [3.05, 3.63) is 26.9 Å². The first-order chi connectivity index (χ1) is 6.06. The molecule has 0 fully saturated rings. The van der Waals surface area contributed by atoms with Crippen LogP contribution in [0.4, 0.5) is 8.78 Å². The van der Waals surface area contributed by atoms with Crippen LogP contribution in [0.1, 0.15) is 22.5 Å². The van der Waals surface area contributed by atoms with Crippen molar-refractivity contribution in [1.82, 2.24) is 4.98 Å². The van der Waals surface area contributed by atoms with Gasteiger partial charge in [0.15, 0.2) is 6.29 Å². The first kappa shape index (κ1) is 10.5. The number of carbonyl (C=O) groups is 1. The second-order valence-electron chi connectivity index (χ2n) is 2.16. The Morgan fingerprint density at radius 2 is 2.23 bits per heavy atom. The lowest BCUT2D eigenvalue weighted by Gasteiger charge is -2.04. The van der Waals surface area contributed by atoms with Crippen LogP contribution in [0, 0.1) is 0 Å². The van der Waals surface area contributed by atoms with E-state index in [1.54, 1.807) is 0 Å². The number of rotatable bonds is 2. The van der Waals surface area contributed by atoms with E-state index < -0.39 is 12.0 Å². The minimum absolute atomic E-state index is 0.0501. The lowest BCUT2D eigenvalue weighted by Crippen LogP contribution is -1.95. The molecule has 6 heteroatoms. The number of hydrogen-bond acceptors (Lipinski definition) is 2. The predicted molar refractivity (Wildman–Crippen MR) is 47.3 cm³/mol. The minimum atomic E-state index is -2.72. The van der Waals surface area contributed by atoms with Crippen LogP contribution in [0.5, 0.6) is 0 Å². The fourth-order valence-electron chi connectivity index (χ4n) is 0.756. The van der Waals surface area contributed by atoms with Crippen LogP contribution in [0.2, 0.25) is 5.02 Å². The van der Waals surface area contributed by atoms with Gasteiger partial charge in [-0.3, -0.25) is 4.79 Å². The fourth-order valence-corrected chi connectivity index (χ4v) is 1.37. The van der Waals surface area contributed by atoms with Gasteiger partial charge in [-0.1, -0.05) is 11.6 Å². The normalized spacial score (nSPS) is 10.5. The molecule has 0 N–H and O–H groups in total. The van der Waals surface area contributed by atoms with E-state index in [0.717, 1.165) is 6.07 Å². The molecule has 0 radical (unpaired) electrons. The Morgan fingerprint density at radius 3 is 2.69 bits per heavy atom. The van der Waals surface area contributed by atoms with Crippen LogP contribution in [0.25, 0.3) is 0 Å². The molecular weight excluding hydrogens is 267 g/mol. The molecule has 0 bridgehead atoms. The molecule has 0 aliphatic carbocycles. The number of carbonyl (C=O) groups excluding carboxylic acids is 1. The van der Waals surface area contributed by atoms with Crippen LogP contribution in [-0.4, -0.2) is 11.3 Å². The zero-order chi connectivity index (χ0) is 10.0. The maximum Gasteiger partial charge on any atom is 0.265 e. The van der Waals surface area contributed by atoms with E-state index in [-0.39, 0.29) is 15.3 Å². The maximum absolute atomic E-state index is 12.3. The van der Waals surface area contributed by atoms with Gasteiger partial charge in [0, 0.05) is 5.56 Å². The molecule has 0 aliphatic heterocycles. The lowest BCUT2D eigenvalue weighted by atomic mass is 10.2. The third kappa shape index (κ3) is 2.22. The summed E-state index contributed by atoms with van der Waals surface area (Å²) < 4.78 is 24.6. The van der Waals surface area contributed by atoms with Gasteiger partial charge in [0.2, 0.25) is 0 Å². The number of pyridine rings is 1. The summed E-state index contributed by atoms with van der Waals surface area (Å²) in [4.78, 5) is 13.9. The average Bonchev–Trinajstić information content (AvgIpc) is 2.09. The number of alkyl halides is 2. The van der Waals surface area contributed by atoms with E-state index in [9.17, 15) is 13.6 Å². The topological polar surface area (TPSA) is 30.0 Å². The molecular formula is C7H3BrClF2NO. The molecule has 70 valence electrons. The minimum Gasteiger partial charge on any atom is -0.296 e. The van der Waals surface area contributed by atoms with Crippen molar-refractivity contribution in [2.75, 3.05) is 0 Å². The largest absolute Gasteiger partial charge is 0.296 e. The van der Waals surface area contributed by atoms with Gasteiger partial charge in [0.25, 0.3) is 6.43 Å². The molecule has 0 aromatic carbocycles. The Labute approximate surface area is 86.0 Å². The Kier molecular flexibility index (Phi) is 3.33. The smallest absolute Gasteiger partial charge is 0.265 e. The SMILES string of the molecule is O=Cc1cc(C(F)F)c(Cl)c(Br)n1. The van der Waals surface area contributed by atoms with Gasteiger partial charge in [-0.2, -0.15) is 0 Å². The molecule has 0 atom stereocenters. The third-order valence-corrected chi connectivity index (χ3v) is 2.52. The number of hydrogen-bond donors (Lipinski definition) is 0. The molecule has 1 heterocycles. The summed E-state index contributed by atoms with van der Waals surface area (Å²) in [7, 11) is 0. The zero-order valence-electron chi connectivity index (χ0n) is 6.10. The Bertz CT molecular complexity index is 346. The standard InChI is InChI=1S/C7H3BrClF2NO/c8-6-5(9)4(7(10)11)1-3(2-13)12-6/h1-2,7H. The molecule has 0 aliphatic rings. The molecule has 1 aromatic rings. The Balaban J connectivity index is 3.32. The summed E-state index contributed by atoms with van der Waals surface area (Å²) >= 11 is 8.38. The van der Waals surface area contributed by atoms with Crippen LogP contribution in [0.15, 0.2) is 10.7 Å². The van der Waals surface area contributed by atoms with Gasteiger partial charge in [-0.15, -0.1) is 0 Å². The Hall–Kier alpha value is -0.550. The summed E-state index contributed by atoms with van der Waals surface area (Å²) in [5.74, 6) is 0. The van der Waals surface area contributed by atoms with Crippen molar-refractivity contribution in [3.8, 4) is 0 Å². The van der Waals surface area contributed by atoms with Gasteiger partial charge in [-0.25, -0.2) is 13.8 Å². The quantitative estimate of drug-likeness (QED) is 0.610. The molecule has 1 aromatic heterocycles. The molecule has 0 spiro atoms. The molecule has 1 rings (SSSR count). The van der Waals surface area contributed by atoms with E-state index >= 15 is 0 Å². The summed E-state index contributed by atoms with van der Waals surface area (Å²) in [5, 5.41) is -0.166. The second-order valence-corrected chi connectivity index (χ2v) is 3.29. The highest BCUT2D eigenvalue weighted by molar-refractivity contribution is 9.10. The van der Waals surface area contributed by atoms with E-state index in [1.807, 2.05) is 0 Å². The summed E-state index contributed by atoms with van der Waals surface area (Å²) in [6.07, 6.45) is -2.34. The number of aromatic nitrogens is 1. The third-order valence-electron chi connectivity index (χ3n) is 1.32. The second kappa shape index (κ2) is 4.11. The van der Waals surface area contributed by atoms with Crippen LogP contribution >= 0.6 is 27.5 Å². The van der Waals surface area contributed by atoms with Gasteiger partial charge < -0.3 is 0 Å². The van der Waals surface area contributed by atoms with Gasteiger partial charge >= 0.3 is 0 Å². The molecule has 0 amide bonds. The number of nitrogens with zero attached hydrogens (tertiary/aromatic N) is 1. The molecule has 0 saturated heterocycles. The zero-order valence-corrected chi connectivity index (χ0v) is 8.44. The predicted octanol–water partition coefficient (Wildman–Crippen LogP) is 3.25.